The Morgan fingerprint density at radius 3 is 2.88 bits per heavy atom. The first-order valence-corrected chi connectivity index (χ1v) is 8.17. The first kappa shape index (κ1) is 16.4. The Bertz CT molecular complexity index is 645. The summed E-state index contributed by atoms with van der Waals surface area (Å²) in [7, 11) is 2.08. The minimum absolute atomic E-state index is 0.0366. The van der Waals surface area contributed by atoms with Gasteiger partial charge in [0, 0.05) is 18.7 Å². The Kier molecular flexibility index (Phi) is 4.80. The van der Waals surface area contributed by atoms with E-state index >= 15 is 0 Å². The largest absolute Gasteiger partial charge is 0.352 e. The van der Waals surface area contributed by atoms with Crippen molar-refractivity contribution < 1.29 is 14.4 Å². The molecule has 1 unspecified atom stereocenters. The van der Waals surface area contributed by atoms with Gasteiger partial charge in [0.1, 0.15) is 0 Å². The number of carbonyl (C=O) groups is 3. The molecule has 2 N–H and O–H groups in total. The molecule has 2 saturated heterocycles. The summed E-state index contributed by atoms with van der Waals surface area (Å²) in [5.74, 6) is 0.122. The number of amides is 4. The third kappa shape index (κ3) is 3.73. The lowest BCUT2D eigenvalue weighted by Crippen LogP contribution is -2.31. The lowest BCUT2D eigenvalue weighted by Gasteiger charge is -2.14. The predicted molar refractivity (Wildman–Crippen MR) is 88.3 cm³/mol. The summed E-state index contributed by atoms with van der Waals surface area (Å²) >= 11 is 0. The van der Waals surface area contributed by atoms with Gasteiger partial charge < -0.3 is 15.5 Å². The van der Waals surface area contributed by atoms with E-state index in [0.29, 0.717) is 18.0 Å². The van der Waals surface area contributed by atoms with Crippen LogP contribution in [-0.2, 0) is 11.3 Å². The molecule has 2 fully saturated rings. The van der Waals surface area contributed by atoms with Crippen molar-refractivity contribution in [3.63, 3.8) is 0 Å². The normalized spacial score (nSPS) is 21.2. The number of hydrogen-bond acceptors (Lipinski definition) is 4. The molecule has 0 saturated carbocycles. The lowest BCUT2D eigenvalue weighted by molar-refractivity contribution is -0.125. The summed E-state index contributed by atoms with van der Waals surface area (Å²) in [6.07, 6.45) is 1.10. The minimum atomic E-state index is -0.389. The van der Waals surface area contributed by atoms with E-state index in [2.05, 4.69) is 22.6 Å². The first-order valence-electron chi connectivity index (χ1n) is 8.17. The predicted octanol–water partition coefficient (Wildman–Crippen LogP) is 0.420. The summed E-state index contributed by atoms with van der Waals surface area (Å²) in [5.41, 5.74) is 1.31. The number of nitrogens with zero attached hydrogens (tertiary/aromatic N) is 2. The van der Waals surface area contributed by atoms with Crippen molar-refractivity contribution in [3.05, 3.63) is 35.4 Å². The van der Waals surface area contributed by atoms with Gasteiger partial charge in [-0.15, -0.1) is 0 Å². The highest BCUT2D eigenvalue weighted by atomic mass is 16.2. The quantitative estimate of drug-likeness (QED) is 0.767. The Morgan fingerprint density at radius 1 is 1.38 bits per heavy atom. The fraction of sp³-hybridized carbons (Fsp3) is 0.471. The van der Waals surface area contributed by atoms with E-state index in [0.717, 1.165) is 30.0 Å². The molecule has 2 aliphatic rings. The summed E-state index contributed by atoms with van der Waals surface area (Å²) in [4.78, 5) is 39.0. The lowest BCUT2D eigenvalue weighted by atomic mass is 10.1. The van der Waals surface area contributed by atoms with Gasteiger partial charge in [0.05, 0.1) is 13.1 Å². The number of nitrogens with one attached hydrogen (secondary N) is 2. The van der Waals surface area contributed by atoms with Gasteiger partial charge in [-0.05, 0) is 43.6 Å². The van der Waals surface area contributed by atoms with Crippen LogP contribution >= 0.6 is 0 Å². The van der Waals surface area contributed by atoms with Crippen molar-refractivity contribution in [2.75, 3.05) is 33.2 Å². The number of urea groups is 1. The zero-order valence-electron chi connectivity index (χ0n) is 13.7. The second-order valence-electron chi connectivity index (χ2n) is 6.47. The van der Waals surface area contributed by atoms with E-state index in [1.54, 1.807) is 18.2 Å². The van der Waals surface area contributed by atoms with Gasteiger partial charge in [0.15, 0.2) is 0 Å². The minimum Gasteiger partial charge on any atom is -0.352 e. The number of imide groups is 1. The van der Waals surface area contributed by atoms with Crippen LogP contribution in [0.5, 0.6) is 0 Å². The Labute approximate surface area is 141 Å². The second kappa shape index (κ2) is 7.00. The fourth-order valence-corrected chi connectivity index (χ4v) is 3.14. The van der Waals surface area contributed by atoms with E-state index in [4.69, 9.17) is 0 Å². The highest BCUT2D eigenvalue weighted by Crippen LogP contribution is 2.14. The Hall–Kier alpha value is -2.41. The SMILES string of the molecule is CN1CCC(CNC(=O)c2cccc(CN3C(=O)CNC3=O)c2)C1. The van der Waals surface area contributed by atoms with Crippen LogP contribution in [0, 0.1) is 5.92 Å². The second-order valence-corrected chi connectivity index (χ2v) is 6.47. The molecule has 0 aromatic heterocycles. The molecule has 128 valence electrons. The van der Waals surface area contributed by atoms with Crippen LogP contribution in [0.2, 0.25) is 0 Å². The monoisotopic (exact) mass is 330 g/mol. The van der Waals surface area contributed by atoms with E-state index in [1.165, 1.54) is 0 Å². The average Bonchev–Trinajstić information content (AvgIpc) is 3.13. The molecule has 7 heteroatoms. The maximum Gasteiger partial charge on any atom is 0.324 e. The molecule has 4 amide bonds. The number of carbonyl (C=O) groups excluding carboxylic acids is 3. The van der Waals surface area contributed by atoms with Crippen molar-refractivity contribution in [1.82, 2.24) is 20.4 Å². The molecule has 2 aliphatic heterocycles. The van der Waals surface area contributed by atoms with Gasteiger partial charge in [-0.3, -0.25) is 14.5 Å². The molecule has 0 spiro atoms. The molecule has 1 atom stereocenters. The maximum absolute atomic E-state index is 12.3. The molecule has 1 aromatic carbocycles. The van der Waals surface area contributed by atoms with Crippen LogP contribution in [0.25, 0.3) is 0 Å². The number of hydrogen-bond donors (Lipinski definition) is 2. The van der Waals surface area contributed by atoms with Crippen LogP contribution in [0.1, 0.15) is 22.3 Å². The maximum atomic E-state index is 12.3. The summed E-state index contributed by atoms with van der Waals surface area (Å²) in [6.45, 7) is 2.96. The number of benzene rings is 1. The zero-order valence-corrected chi connectivity index (χ0v) is 13.7. The molecule has 7 nitrogen and oxygen atoms in total. The van der Waals surface area contributed by atoms with Gasteiger partial charge >= 0.3 is 6.03 Å². The Balaban J connectivity index is 1.59. The smallest absolute Gasteiger partial charge is 0.324 e. The number of rotatable bonds is 5. The van der Waals surface area contributed by atoms with E-state index in [-0.39, 0.29) is 30.9 Å². The molecule has 1 aromatic rings. The zero-order chi connectivity index (χ0) is 17.1. The van der Waals surface area contributed by atoms with Gasteiger partial charge in [0.25, 0.3) is 5.91 Å². The van der Waals surface area contributed by atoms with Crippen LogP contribution in [-0.4, -0.2) is 60.9 Å². The van der Waals surface area contributed by atoms with E-state index in [9.17, 15) is 14.4 Å². The van der Waals surface area contributed by atoms with Crippen LogP contribution in [0.15, 0.2) is 24.3 Å². The summed E-state index contributed by atoms with van der Waals surface area (Å²) < 4.78 is 0. The van der Waals surface area contributed by atoms with Gasteiger partial charge in [-0.1, -0.05) is 12.1 Å². The summed E-state index contributed by atoms with van der Waals surface area (Å²) in [5, 5.41) is 5.46. The topological polar surface area (TPSA) is 81.8 Å². The van der Waals surface area contributed by atoms with Gasteiger partial charge in [-0.25, -0.2) is 4.79 Å². The molecule has 3 rings (SSSR count). The standard InChI is InChI=1S/C17H22N4O3/c1-20-6-5-13(10-20)8-18-16(23)14-4-2-3-12(7-14)11-21-15(22)9-19-17(21)24/h2-4,7,13H,5-6,8-11H2,1H3,(H,18,23)(H,19,24). The molecular formula is C17H22N4O3. The van der Waals surface area contributed by atoms with E-state index < -0.39 is 0 Å². The van der Waals surface area contributed by atoms with Crippen molar-refractivity contribution >= 4 is 17.8 Å². The first-order chi connectivity index (χ1) is 11.5. The average molecular weight is 330 g/mol. The highest BCUT2D eigenvalue weighted by molar-refractivity contribution is 6.02. The van der Waals surface area contributed by atoms with Gasteiger partial charge in [0.2, 0.25) is 5.91 Å². The third-order valence-electron chi connectivity index (χ3n) is 4.51. The fourth-order valence-electron chi connectivity index (χ4n) is 3.14. The highest BCUT2D eigenvalue weighted by Gasteiger charge is 2.28. The molecule has 0 aliphatic carbocycles. The molecule has 0 radical (unpaired) electrons. The van der Waals surface area contributed by atoms with Crippen LogP contribution in [0.3, 0.4) is 0 Å². The van der Waals surface area contributed by atoms with Gasteiger partial charge in [-0.2, -0.15) is 0 Å². The van der Waals surface area contributed by atoms with Crippen molar-refractivity contribution in [3.8, 4) is 0 Å². The van der Waals surface area contributed by atoms with Crippen LogP contribution < -0.4 is 10.6 Å². The van der Waals surface area contributed by atoms with E-state index in [1.807, 2.05) is 6.07 Å². The van der Waals surface area contributed by atoms with Crippen molar-refractivity contribution in [1.29, 1.82) is 0 Å². The van der Waals surface area contributed by atoms with Crippen LogP contribution in [0.4, 0.5) is 4.79 Å². The molecular weight excluding hydrogens is 308 g/mol. The molecule has 2 heterocycles. The molecule has 24 heavy (non-hydrogen) atoms. The summed E-state index contributed by atoms with van der Waals surface area (Å²) in [6, 6.07) is 6.66. The van der Waals surface area contributed by atoms with Crippen molar-refractivity contribution in [2.24, 2.45) is 5.92 Å². The number of likely N-dealkylation sites (tertiary alicyclic amines) is 1. The van der Waals surface area contributed by atoms with Crippen molar-refractivity contribution in [2.45, 2.75) is 13.0 Å². The third-order valence-corrected chi connectivity index (χ3v) is 4.51. The molecule has 0 bridgehead atoms. The Morgan fingerprint density at radius 2 is 2.21 bits per heavy atom.